The van der Waals surface area contributed by atoms with E-state index in [0.29, 0.717) is 17.5 Å². The molecule has 0 bridgehead atoms. The molecule has 2 aromatic carbocycles. The number of phenols is 1. The minimum atomic E-state index is -4.51. The number of phenolic OH excluding ortho intramolecular Hbond substituents is 1. The molecular formula is C25H22ClF3N2O3S. The minimum Gasteiger partial charge on any atom is -0.508 e. The van der Waals surface area contributed by atoms with Crippen molar-refractivity contribution >= 4 is 44.7 Å². The van der Waals surface area contributed by atoms with Crippen molar-refractivity contribution < 1.29 is 22.7 Å². The summed E-state index contributed by atoms with van der Waals surface area (Å²) in [6.07, 6.45) is 0.437. The Morgan fingerprint density at radius 1 is 1.14 bits per heavy atom. The average Bonchev–Trinajstić information content (AvgIpc) is 3.25. The number of nitrogens with one attached hydrogen (secondary N) is 1. The number of aromatic nitrogens is 1. The van der Waals surface area contributed by atoms with Crippen LogP contribution in [0.3, 0.4) is 0 Å². The number of thiazole rings is 1. The summed E-state index contributed by atoms with van der Waals surface area (Å²) in [4.78, 5) is 16.9. The van der Waals surface area contributed by atoms with E-state index in [-0.39, 0.29) is 32.7 Å². The molecule has 0 saturated carbocycles. The highest BCUT2D eigenvalue weighted by atomic mass is 35.5. The van der Waals surface area contributed by atoms with E-state index in [1.165, 1.54) is 6.07 Å². The first-order valence-electron chi connectivity index (χ1n) is 11.0. The second-order valence-electron chi connectivity index (χ2n) is 8.13. The van der Waals surface area contributed by atoms with Gasteiger partial charge < -0.3 is 14.8 Å². The van der Waals surface area contributed by atoms with E-state index in [9.17, 15) is 23.1 Å². The molecule has 0 fully saturated rings. The van der Waals surface area contributed by atoms with Crippen molar-refractivity contribution in [3.05, 3.63) is 68.3 Å². The number of rotatable bonds is 8. The summed E-state index contributed by atoms with van der Waals surface area (Å²) in [5.74, 6) is 0.0861. The monoisotopic (exact) mass is 522 g/mol. The van der Waals surface area contributed by atoms with Gasteiger partial charge in [0.2, 0.25) is 0 Å². The third-order valence-corrected chi connectivity index (χ3v) is 6.64. The molecule has 0 amide bonds. The molecule has 35 heavy (non-hydrogen) atoms. The minimum absolute atomic E-state index is 0.0520. The van der Waals surface area contributed by atoms with Gasteiger partial charge in [-0.1, -0.05) is 37.8 Å². The molecule has 0 aliphatic heterocycles. The maximum absolute atomic E-state index is 13.0. The van der Waals surface area contributed by atoms with E-state index >= 15 is 0 Å². The van der Waals surface area contributed by atoms with E-state index in [4.69, 9.17) is 16.0 Å². The molecule has 2 heterocycles. The van der Waals surface area contributed by atoms with Crippen molar-refractivity contribution in [2.45, 2.75) is 45.2 Å². The average molecular weight is 523 g/mol. The smallest absolute Gasteiger partial charge is 0.416 e. The molecule has 0 atom stereocenters. The van der Waals surface area contributed by atoms with E-state index in [1.807, 2.05) is 0 Å². The topological polar surface area (TPSA) is 75.4 Å². The number of hydrogen-bond acceptors (Lipinski definition) is 6. The Labute approximate surface area is 208 Å². The molecule has 184 valence electrons. The lowest BCUT2D eigenvalue weighted by molar-refractivity contribution is -0.137. The molecule has 0 aliphatic rings. The van der Waals surface area contributed by atoms with Gasteiger partial charge in [0.15, 0.2) is 5.13 Å². The zero-order valence-electron chi connectivity index (χ0n) is 18.7. The molecule has 0 aliphatic carbocycles. The maximum atomic E-state index is 13.0. The van der Waals surface area contributed by atoms with E-state index < -0.39 is 17.4 Å². The van der Waals surface area contributed by atoms with Crippen molar-refractivity contribution in [2.24, 2.45) is 0 Å². The van der Waals surface area contributed by atoms with Gasteiger partial charge in [-0.15, -0.1) is 11.3 Å². The van der Waals surface area contributed by atoms with Crippen LogP contribution in [0.5, 0.6) is 5.75 Å². The number of unbranched alkanes of at least 4 members (excludes halogenated alkanes) is 3. The second-order valence-corrected chi connectivity index (χ2v) is 9.40. The van der Waals surface area contributed by atoms with Crippen LogP contribution in [-0.4, -0.2) is 10.1 Å². The fourth-order valence-corrected chi connectivity index (χ4v) is 4.58. The largest absolute Gasteiger partial charge is 0.508 e. The summed E-state index contributed by atoms with van der Waals surface area (Å²) in [5, 5.41) is 15.7. The Morgan fingerprint density at radius 2 is 1.94 bits per heavy atom. The number of nitrogens with zero attached hydrogens (tertiary/aromatic N) is 1. The number of aryl methyl sites for hydroxylation is 1. The number of halogens is 4. The van der Waals surface area contributed by atoms with Gasteiger partial charge in [0.25, 0.3) is 0 Å². The molecule has 0 unspecified atom stereocenters. The molecular weight excluding hydrogens is 501 g/mol. The lowest BCUT2D eigenvalue weighted by Gasteiger charge is -2.10. The Kier molecular flexibility index (Phi) is 7.37. The summed E-state index contributed by atoms with van der Waals surface area (Å²) >= 11 is 7.17. The number of hydrogen-bond donors (Lipinski definition) is 2. The third kappa shape index (κ3) is 5.79. The van der Waals surface area contributed by atoms with Crippen LogP contribution < -0.4 is 10.9 Å². The van der Waals surface area contributed by atoms with E-state index in [1.54, 1.807) is 17.5 Å². The third-order valence-electron chi connectivity index (χ3n) is 5.55. The number of aromatic hydroxyl groups is 1. The molecule has 2 aromatic heterocycles. The Balaban J connectivity index is 1.62. The predicted octanol–water partition coefficient (Wildman–Crippen LogP) is 8.16. The molecule has 0 saturated heterocycles. The zero-order chi connectivity index (χ0) is 25.2. The second kappa shape index (κ2) is 10.3. The molecule has 10 heteroatoms. The fraction of sp³-hybridized carbons (Fsp3) is 0.280. The molecule has 0 spiro atoms. The van der Waals surface area contributed by atoms with Crippen molar-refractivity contribution in [3.63, 3.8) is 0 Å². The first-order chi connectivity index (χ1) is 16.7. The van der Waals surface area contributed by atoms with Gasteiger partial charge >= 0.3 is 11.8 Å². The Bertz CT molecular complexity index is 1420. The van der Waals surface area contributed by atoms with Gasteiger partial charge in [0, 0.05) is 16.8 Å². The van der Waals surface area contributed by atoms with Crippen LogP contribution in [0.4, 0.5) is 24.0 Å². The highest BCUT2D eigenvalue weighted by Crippen LogP contribution is 2.36. The van der Waals surface area contributed by atoms with Crippen LogP contribution >= 0.6 is 22.9 Å². The first-order valence-corrected chi connectivity index (χ1v) is 12.3. The Morgan fingerprint density at radius 3 is 2.69 bits per heavy atom. The van der Waals surface area contributed by atoms with Crippen LogP contribution in [0.15, 0.2) is 51.0 Å². The lowest BCUT2D eigenvalue weighted by atomic mass is 10.0. The molecule has 2 N–H and O–H groups in total. The van der Waals surface area contributed by atoms with E-state index in [2.05, 4.69) is 17.2 Å². The quantitative estimate of drug-likeness (QED) is 0.180. The summed E-state index contributed by atoms with van der Waals surface area (Å²) in [7, 11) is 0. The molecule has 4 aromatic rings. The normalized spacial score (nSPS) is 11.8. The number of anilines is 2. The number of benzene rings is 2. The van der Waals surface area contributed by atoms with Gasteiger partial charge in [-0.3, -0.25) is 0 Å². The molecule has 5 nitrogen and oxygen atoms in total. The van der Waals surface area contributed by atoms with Crippen LogP contribution in [0, 0.1) is 0 Å². The number of fused-ring (bicyclic) bond motifs is 1. The van der Waals surface area contributed by atoms with Gasteiger partial charge in [-0.2, -0.15) is 13.2 Å². The highest BCUT2D eigenvalue weighted by molar-refractivity contribution is 7.14. The van der Waals surface area contributed by atoms with Crippen LogP contribution in [0.25, 0.3) is 22.2 Å². The van der Waals surface area contributed by atoms with Crippen molar-refractivity contribution in [1.82, 2.24) is 4.98 Å². The van der Waals surface area contributed by atoms with E-state index in [0.717, 1.165) is 60.8 Å². The van der Waals surface area contributed by atoms with Gasteiger partial charge in [-0.05, 0) is 48.7 Å². The lowest BCUT2D eigenvalue weighted by Crippen LogP contribution is -2.05. The molecule has 0 radical (unpaired) electrons. The van der Waals surface area contributed by atoms with Crippen LogP contribution in [0.1, 0.15) is 43.7 Å². The highest BCUT2D eigenvalue weighted by Gasteiger charge is 2.31. The summed E-state index contributed by atoms with van der Waals surface area (Å²) in [5.41, 5.74) is 0.127. The zero-order valence-corrected chi connectivity index (χ0v) is 20.3. The van der Waals surface area contributed by atoms with Crippen LogP contribution in [-0.2, 0) is 12.6 Å². The van der Waals surface area contributed by atoms with Crippen molar-refractivity contribution in [3.8, 4) is 17.0 Å². The molecule has 4 rings (SSSR count). The standard InChI is InChI=1S/C25H22ClF3N2O3S/c1-2-3-4-5-6-14-9-15-10-17(23(33)34-22(15)12-21(14)32)20-13-35-24(31-20)30-19-11-16(25(27,28)29)7-8-18(19)26/h7-13,32H,2-6H2,1H3,(H,30,31). The fourth-order valence-electron chi connectivity index (χ4n) is 3.69. The SMILES string of the molecule is CCCCCCc1cc2cc(-c3csc(Nc4cc(C(F)(F)F)ccc4Cl)n3)c(=O)oc2cc1O. The summed E-state index contributed by atoms with van der Waals surface area (Å²) < 4.78 is 44.6. The first kappa shape index (κ1) is 25.1. The summed E-state index contributed by atoms with van der Waals surface area (Å²) in [6.45, 7) is 2.13. The van der Waals surface area contributed by atoms with Crippen molar-refractivity contribution in [1.29, 1.82) is 0 Å². The van der Waals surface area contributed by atoms with Gasteiger partial charge in [-0.25, -0.2) is 9.78 Å². The number of alkyl halides is 3. The maximum Gasteiger partial charge on any atom is 0.416 e. The van der Waals surface area contributed by atoms with Gasteiger partial charge in [0.05, 0.1) is 27.5 Å². The van der Waals surface area contributed by atoms with Gasteiger partial charge in [0.1, 0.15) is 11.3 Å². The van der Waals surface area contributed by atoms with Crippen molar-refractivity contribution in [2.75, 3.05) is 5.32 Å². The van der Waals surface area contributed by atoms with Crippen LogP contribution in [0.2, 0.25) is 5.02 Å². The summed E-state index contributed by atoms with van der Waals surface area (Å²) in [6, 6.07) is 7.86. The Hall–Kier alpha value is -3.04. The predicted molar refractivity (Wildman–Crippen MR) is 133 cm³/mol.